The van der Waals surface area contributed by atoms with Crippen LogP contribution in [0.1, 0.15) is 12.5 Å². The summed E-state index contributed by atoms with van der Waals surface area (Å²) in [6, 6.07) is 30.2. The molecule has 0 saturated carbocycles. The van der Waals surface area contributed by atoms with E-state index in [0.29, 0.717) is 6.54 Å². The Hall–Kier alpha value is -2.07. The van der Waals surface area contributed by atoms with Crippen molar-refractivity contribution in [3.63, 3.8) is 0 Å². The standard InChI is InChI=1S/C23H26NOS/c1-2-24(17-18-25)19-20-11-9-10-16-23(20)26(21-12-5-3-6-13-21)22-14-7-4-8-15-22/h3-16,25H,2,17-19H2,1H3/q+1. The Bertz CT molecular complexity index is 752. The van der Waals surface area contributed by atoms with E-state index in [0.717, 1.165) is 13.1 Å². The molecule has 0 radical (unpaired) electrons. The molecule has 0 aliphatic carbocycles. The maximum absolute atomic E-state index is 9.34. The van der Waals surface area contributed by atoms with Crippen LogP contribution in [0.5, 0.6) is 0 Å². The zero-order valence-corrected chi connectivity index (χ0v) is 16.0. The van der Waals surface area contributed by atoms with Crippen molar-refractivity contribution in [2.75, 3.05) is 19.7 Å². The zero-order valence-electron chi connectivity index (χ0n) is 15.2. The quantitative estimate of drug-likeness (QED) is 0.591. The van der Waals surface area contributed by atoms with E-state index >= 15 is 0 Å². The number of likely N-dealkylation sites (N-methyl/N-ethyl adjacent to an activating group) is 1. The van der Waals surface area contributed by atoms with Crippen LogP contribution >= 0.6 is 0 Å². The van der Waals surface area contributed by atoms with Gasteiger partial charge in [-0.25, -0.2) is 0 Å². The maximum atomic E-state index is 9.34. The number of nitrogens with zero attached hydrogens (tertiary/aromatic N) is 1. The predicted octanol–water partition coefficient (Wildman–Crippen LogP) is 4.60. The molecule has 0 aliphatic rings. The molecule has 0 fully saturated rings. The van der Waals surface area contributed by atoms with Crippen molar-refractivity contribution in [3.05, 3.63) is 90.5 Å². The molecule has 2 nitrogen and oxygen atoms in total. The van der Waals surface area contributed by atoms with Gasteiger partial charge in [0.25, 0.3) is 0 Å². The largest absolute Gasteiger partial charge is 0.395 e. The fourth-order valence-corrected chi connectivity index (χ4v) is 5.32. The van der Waals surface area contributed by atoms with E-state index in [1.165, 1.54) is 20.2 Å². The molecule has 0 aliphatic heterocycles. The van der Waals surface area contributed by atoms with Gasteiger partial charge in [0.1, 0.15) is 0 Å². The Balaban J connectivity index is 2.05. The van der Waals surface area contributed by atoms with E-state index in [1.807, 2.05) is 0 Å². The molecule has 134 valence electrons. The van der Waals surface area contributed by atoms with Gasteiger partial charge in [-0.3, -0.25) is 4.90 Å². The summed E-state index contributed by atoms with van der Waals surface area (Å²) in [7, 11) is -0.138. The van der Waals surface area contributed by atoms with Gasteiger partial charge in [-0.1, -0.05) is 61.5 Å². The van der Waals surface area contributed by atoms with E-state index in [1.54, 1.807) is 0 Å². The van der Waals surface area contributed by atoms with Gasteiger partial charge in [0.15, 0.2) is 14.7 Å². The van der Waals surface area contributed by atoms with Crippen LogP contribution in [0, 0.1) is 0 Å². The number of benzene rings is 3. The lowest BCUT2D eigenvalue weighted by molar-refractivity contribution is 0.196. The summed E-state index contributed by atoms with van der Waals surface area (Å²) < 4.78 is 0. The summed E-state index contributed by atoms with van der Waals surface area (Å²) in [6.07, 6.45) is 0. The fourth-order valence-electron chi connectivity index (χ4n) is 3.07. The van der Waals surface area contributed by atoms with Crippen molar-refractivity contribution in [1.82, 2.24) is 4.90 Å². The molecule has 0 atom stereocenters. The molecule has 0 saturated heterocycles. The lowest BCUT2D eigenvalue weighted by Crippen LogP contribution is -2.27. The highest BCUT2D eigenvalue weighted by Gasteiger charge is 2.30. The zero-order chi connectivity index (χ0) is 18.2. The minimum Gasteiger partial charge on any atom is -0.395 e. The lowest BCUT2D eigenvalue weighted by atomic mass is 10.2. The average molecular weight is 365 g/mol. The first-order valence-corrected chi connectivity index (χ1v) is 10.3. The predicted molar refractivity (Wildman–Crippen MR) is 110 cm³/mol. The van der Waals surface area contributed by atoms with Crippen LogP contribution in [0.15, 0.2) is 99.6 Å². The lowest BCUT2D eigenvalue weighted by Gasteiger charge is -2.20. The number of hydrogen-bond acceptors (Lipinski definition) is 2. The SMILES string of the molecule is CCN(CCO)Cc1ccccc1[S+](c1ccccc1)c1ccccc1. The molecule has 3 aromatic carbocycles. The Morgan fingerprint density at radius 3 is 1.85 bits per heavy atom. The Labute approximate surface area is 159 Å². The minimum absolute atomic E-state index is 0.138. The second-order valence-corrected chi connectivity index (χ2v) is 8.13. The molecule has 3 rings (SSSR count). The van der Waals surface area contributed by atoms with E-state index in [4.69, 9.17) is 0 Å². The molecular weight excluding hydrogens is 338 g/mol. The highest BCUT2D eigenvalue weighted by atomic mass is 32.2. The topological polar surface area (TPSA) is 23.5 Å². The first-order chi connectivity index (χ1) is 12.8. The van der Waals surface area contributed by atoms with Gasteiger partial charge in [-0.15, -0.1) is 0 Å². The summed E-state index contributed by atoms with van der Waals surface area (Å²) in [5.74, 6) is 0. The average Bonchev–Trinajstić information content (AvgIpc) is 2.71. The van der Waals surface area contributed by atoms with E-state index in [-0.39, 0.29) is 17.5 Å². The second kappa shape index (κ2) is 9.58. The second-order valence-electron chi connectivity index (χ2n) is 6.13. The van der Waals surface area contributed by atoms with E-state index in [9.17, 15) is 5.11 Å². The van der Waals surface area contributed by atoms with Crippen LogP contribution in [0.3, 0.4) is 0 Å². The number of rotatable bonds is 8. The van der Waals surface area contributed by atoms with Crippen molar-refractivity contribution >= 4 is 10.9 Å². The van der Waals surface area contributed by atoms with E-state index < -0.39 is 0 Å². The molecule has 0 unspecified atom stereocenters. The first kappa shape index (κ1) is 18.7. The minimum atomic E-state index is -0.138. The molecule has 0 bridgehead atoms. The molecule has 0 heterocycles. The van der Waals surface area contributed by atoms with Crippen molar-refractivity contribution in [2.45, 2.75) is 28.2 Å². The van der Waals surface area contributed by atoms with Gasteiger partial charge in [-0.05, 0) is 36.9 Å². The normalized spacial score (nSPS) is 11.2. The summed E-state index contributed by atoms with van der Waals surface area (Å²) in [4.78, 5) is 6.31. The van der Waals surface area contributed by atoms with Crippen molar-refractivity contribution < 1.29 is 5.11 Å². The third-order valence-electron chi connectivity index (χ3n) is 4.41. The van der Waals surface area contributed by atoms with Crippen LogP contribution in [0.2, 0.25) is 0 Å². The molecular formula is C23H26NOS+. The molecule has 3 aromatic rings. The van der Waals surface area contributed by atoms with Gasteiger partial charge in [-0.2, -0.15) is 0 Å². The van der Waals surface area contributed by atoms with Gasteiger partial charge in [0.2, 0.25) is 0 Å². The molecule has 0 spiro atoms. The summed E-state index contributed by atoms with van der Waals surface area (Å²) >= 11 is 0. The summed E-state index contributed by atoms with van der Waals surface area (Å²) in [5.41, 5.74) is 1.33. The van der Waals surface area contributed by atoms with Crippen LogP contribution in [0.4, 0.5) is 0 Å². The smallest absolute Gasteiger partial charge is 0.171 e. The van der Waals surface area contributed by atoms with Gasteiger partial charge < -0.3 is 5.11 Å². The van der Waals surface area contributed by atoms with Gasteiger partial charge in [0.05, 0.1) is 17.5 Å². The van der Waals surface area contributed by atoms with Crippen LogP contribution < -0.4 is 0 Å². The van der Waals surface area contributed by atoms with Gasteiger partial charge in [0, 0.05) is 18.7 Å². The highest BCUT2D eigenvalue weighted by Crippen LogP contribution is 2.33. The number of hydrogen-bond donors (Lipinski definition) is 1. The molecule has 0 amide bonds. The van der Waals surface area contributed by atoms with Crippen molar-refractivity contribution in [2.24, 2.45) is 0 Å². The molecule has 1 N–H and O–H groups in total. The maximum Gasteiger partial charge on any atom is 0.171 e. The number of aliphatic hydroxyl groups is 1. The third kappa shape index (κ3) is 4.55. The van der Waals surface area contributed by atoms with Crippen molar-refractivity contribution in [3.8, 4) is 0 Å². The van der Waals surface area contributed by atoms with Crippen LogP contribution in [-0.4, -0.2) is 29.7 Å². The number of aliphatic hydroxyl groups excluding tert-OH is 1. The van der Waals surface area contributed by atoms with Crippen LogP contribution in [-0.2, 0) is 17.4 Å². The Morgan fingerprint density at radius 2 is 1.31 bits per heavy atom. The summed E-state index contributed by atoms with van der Waals surface area (Å²) in [5, 5.41) is 9.34. The molecule has 26 heavy (non-hydrogen) atoms. The summed E-state index contributed by atoms with van der Waals surface area (Å²) in [6.45, 7) is 4.83. The van der Waals surface area contributed by atoms with Crippen molar-refractivity contribution in [1.29, 1.82) is 0 Å². The molecule has 3 heteroatoms. The van der Waals surface area contributed by atoms with Gasteiger partial charge >= 0.3 is 0 Å². The highest BCUT2D eigenvalue weighted by molar-refractivity contribution is 7.97. The molecule has 0 aromatic heterocycles. The first-order valence-electron chi connectivity index (χ1n) is 9.09. The Morgan fingerprint density at radius 1 is 0.769 bits per heavy atom. The Kier molecular flexibility index (Phi) is 6.89. The monoisotopic (exact) mass is 364 g/mol. The fraction of sp³-hybridized carbons (Fsp3) is 0.217. The van der Waals surface area contributed by atoms with Crippen LogP contribution in [0.25, 0.3) is 0 Å². The third-order valence-corrected chi connectivity index (χ3v) is 6.73. The van der Waals surface area contributed by atoms with E-state index in [2.05, 4.69) is 96.8 Å².